The third-order valence-corrected chi connectivity index (χ3v) is 6.11. The molecule has 6 N–H and O–H groups in total. The molecule has 4 rings (SSSR count). The molecule has 11 nitrogen and oxygen atoms in total. The number of H-pyrrole nitrogens is 1. The molecular formula is C23H22N6O5S. The van der Waals surface area contributed by atoms with Gasteiger partial charge < -0.3 is 25.6 Å². The minimum atomic E-state index is -1.15. The van der Waals surface area contributed by atoms with Gasteiger partial charge in [-0.1, -0.05) is 6.07 Å². The Bertz CT molecular complexity index is 1440. The van der Waals surface area contributed by atoms with Gasteiger partial charge in [0.15, 0.2) is 17.3 Å². The molecule has 12 heteroatoms. The van der Waals surface area contributed by atoms with Crippen molar-refractivity contribution in [3.8, 4) is 17.2 Å². The summed E-state index contributed by atoms with van der Waals surface area (Å²) in [7, 11) is 3.05. The first kappa shape index (κ1) is 23.6. The number of hydrogen-bond donors (Lipinski definition) is 5. The smallest absolute Gasteiger partial charge is 0.348 e. The van der Waals surface area contributed by atoms with Crippen LogP contribution in [-0.2, 0) is 0 Å². The van der Waals surface area contributed by atoms with Crippen molar-refractivity contribution in [2.24, 2.45) is 5.73 Å². The number of nitrogen functional groups attached to an aromatic ring is 1. The van der Waals surface area contributed by atoms with Crippen LogP contribution >= 0.6 is 11.3 Å². The fraction of sp³-hybridized carbons (Fsp3) is 0.130. The van der Waals surface area contributed by atoms with Crippen LogP contribution in [-0.4, -0.2) is 45.9 Å². The number of rotatable bonds is 9. The van der Waals surface area contributed by atoms with E-state index in [0.29, 0.717) is 28.3 Å². The summed E-state index contributed by atoms with van der Waals surface area (Å²) in [5, 5.41) is 26.4. The van der Waals surface area contributed by atoms with Crippen LogP contribution in [0.2, 0.25) is 0 Å². The predicted molar refractivity (Wildman–Crippen MR) is 131 cm³/mol. The maximum Gasteiger partial charge on any atom is 0.348 e. The molecule has 2 heterocycles. The number of carboxylic acids is 1. The molecule has 2 aromatic carbocycles. The van der Waals surface area contributed by atoms with Gasteiger partial charge in [-0.05, 0) is 53.4 Å². The maximum atomic E-state index is 12.8. The molecule has 0 saturated heterocycles. The van der Waals surface area contributed by atoms with Crippen LogP contribution in [0.1, 0.15) is 32.7 Å². The number of benzene rings is 2. The topological polar surface area (TPSA) is 168 Å². The average Bonchev–Trinajstić information content (AvgIpc) is 3.49. The lowest BCUT2D eigenvalue weighted by molar-refractivity contribution is 0.0702. The zero-order valence-corrected chi connectivity index (χ0v) is 19.6. The number of methoxy groups -OCH3 is 2. The zero-order valence-electron chi connectivity index (χ0n) is 18.7. The Hall–Kier alpha value is -4.58. The largest absolute Gasteiger partial charge is 0.493 e. The van der Waals surface area contributed by atoms with Crippen molar-refractivity contribution in [1.29, 1.82) is 5.41 Å². The monoisotopic (exact) mass is 494 g/mol. The first-order chi connectivity index (χ1) is 16.8. The Balaban J connectivity index is 1.80. The van der Waals surface area contributed by atoms with E-state index in [1.165, 1.54) is 20.3 Å². The molecule has 35 heavy (non-hydrogen) atoms. The Morgan fingerprint density at radius 3 is 2.51 bits per heavy atom. The molecule has 0 spiro atoms. The minimum Gasteiger partial charge on any atom is -0.493 e. The molecule has 0 aliphatic rings. The van der Waals surface area contributed by atoms with E-state index in [4.69, 9.17) is 20.6 Å². The van der Waals surface area contributed by atoms with Crippen molar-refractivity contribution in [2.45, 2.75) is 6.04 Å². The van der Waals surface area contributed by atoms with Gasteiger partial charge in [0.1, 0.15) is 16.8 Å². The Labute approximate surface area is 203 Å². The Morgan fingerprint density at radius 2 is 1.89 bits per heavy atom. The molecule has 0 unspecified atom stereocenters. The number of carboxylic acid groups (broad SMARTS) is 1. The Morgan fingerprint density at radius 1 is 1.17 bits per heavy atom. The number of nitrogens with one attached hydrogen (secondary N) is 3. The van der Waals surface area contributed by atoms with Gasteiger partial charge in [-0.15, -0.1) is 16.4 Å². The van der Waals surface area contributed by atoms with Crippen LogP contribution in [0.3, 0.4) is 0 Å². The molecule has 4 aromatic rings. The van der Waals surface area contributed by atoms with E-state index in [1.54, 1.807) is 47.8 Å². The predicted octanol–water partition coefficient (Wildman–Crippen LogP) is 2.82. The fourth-order valence-electron chi connectivity index (χ4n) is 3.52. The average molecular weight is 495 g/mol. The van der Waals surface area contributed by atoms with Gasteiger partial charge in [0.25, 0.3) is 0 Å². The normalized spacial score (nSPS) is 11.6. The number of nitrogens with two attached hydrogens (primary N) is 1. The summed E-state index contributed by atoms with van der Waals surface area (Å²) in [5.74, 6) is 0.0637. The van der Waals surface area contributed by atoms with Crippen molar-refractivity contribution in [1.82, 2.24) is 14.8 Å². The molecule has 0 radical (unpaired) electrons. The van der Waals surface area contributed by atoms with E-state index in [2.05, 4.69) is 15.4 Å². The highest BCUT2D eigenvalue weighted by atomic mass is 32.1. The number of ether oxygens (including phenoxy) is 2. The van der Waals surface area contributed by atoms with Gasteiger partial charge >= 0.3 is 11.7 Å². The van der Waals surface area contributed by atoms with E-state index in [-0.39, 0.29) is 22.2 Å². The lowest BCUT2D eigenvalue weighted by Crippen LogP contribution is -2.17. The second kappa shape index (κ2) is 9.73. The second-order valence-electron chi connectivity index (χ2n) is 7.35. The summed E-state index contributed by atoms with van der Waals surface area (Å²) in [6, 6.07) is 13.1. The second-order valence-corrected chi connectivity index (χ2v) is 8.27. The van der Waals surface area contributed by atoms with Crippen LogP contribution < -0.4 is 26.2 Å². The summed E-state index contributed by atoms with van der Waals surface area (Å²) in [4.78, 5) is 27.1. The number of thiophene rings is 1. The summed E-state index contributed by atoms with van der Waals surface area (Å²) < 4.78 is 11.8. The number of anilines is 1. The van der Waals surface area contributed by atoms with Crippen LogP contribution in [0.15, 0.2) is 58.7 Å². The van der Waals surface area contributed by atoms with E-state index in [1.807, 2.05) is 0 Å². The minimum absolute atomic E-state index is 0.000553. The molecule has 2 aromatic heterocycles. The maximum absolute atomic E-state index is 12.8. The zero-order chi connectivity index (χ0) is 25.1. The summed E-state index contributed by atoms with van der Waals surface area (Å²) >= 11 is 1.00. The number of amidine groups is 1. The standard InChI is InChI=1S/C23H22N6O5S/c1-33-16-8-5-13(11-17(16)34-2)18(26-14-6-3-12(4-7-14)20(24)25)21-27-23(32)29(28-21)15-9-10-35-19(15)22(30)31/h3-11,18,26H,1-2H3,(H3,24,25)(H,30,31)(H,27,28,32)/t18-/m0/s1. The van der Waals surface area contributed by atoms with Gasteiger partial charge in [-0.2, -0.15) is 4.68 Å². The van der Waals surface area contributed by atoms with Gasteiger partial charge in [-0.3, -0.25) is 10.4 Å². The summed E-state index contributed by atoms with van der Waals surface area (Å²) in [6.07, 6.45) is 0. The molecule has 0 saturated carbocycles. The number of aromatic amines is 1. The van der Waals surface area contributed by atoms with Crippen LogP contribution in [0.5, 0.6) is 11.5 Å². The third-order valence-electron chi connectivity index (χ3n) is 5.22. The van der Waals surface area contributed by atoms with Gasteiger partial charge in [-0.25, -0.2) is 9.59 Å². The summed E-state index contributed by atoms with van der Waals surface area (Å²) in [6.45, 7) is 0. The van der Waals surface area contributed by atoms with E-state index in [0.717, 1.165) is 16.0 Å². The van der Waals surface area contributed by atoms with Crippen molar-refractivity contribution < 1.29 is 19.4 Å². The van der Waals surface area contributed by atoms with E-state index < -0.39 is 17.7 Å². The fourth-order valence-corrected chi connectivity index (χ4v) is 4.23. The molecule has 0 aliphatic heterocycles. The highest BCUT2D eigenvalue weighted by Gasteiger charge is 2.24. The summed E-state index contributed by atoms with van der Waals surface area (Å²) in [5.41, 5.74) is 7.07. The number of hydrogen-bond acceptors (Lipinski definition) is 8. The van der Waals surface area contributed by atoms with Crippen LogP contribution in [0.25, 0.3) is 5.69 Å². The number of aromatic carboxylic acids is 1. The number of carbonyl (C=O) groups is 1. The highest BCUT2D eigenvalue weighted by molar-refractivity contribution is 7.12. The molecule has 1 atom stereocenters. The first-order valence-corrected chi connectivity index (χ1v) is 11.1. The lowest BCUT2D eigenvalue weighted by Gasteiger charge is -2.20. The van der Waals surface area contributed by atoms with Crippen LogP contribution in [0, 0.1) is 5.41 Å². The number of nitrogens with zero attached hydrogens (tertiary/aromatic N) is 2. The molecule has 0 aliphatic carbocycles. The van der Waals surface area contributed by atoms with Crippen molar-refractivity contribution in [2.75, 3.05) is 19.5 Å². The molecular weight excluding hydrogens is 472 g/mol. The lowest BCUT2D eigenvalue weighted by atomic mass is 10.0. The molecule has 180 valence electrons. The molecule has 0 amide bonds. The van der Waals surface area contributed by atoms with Crippen molar-refractivity contribution >= 4 is 28.8 Å². The first-order valence-electron chi connectivity index (χ1n) is 10.3. The Kier molecular flexibility index (Phi) is 6.55. The number of aromatic nitrogens is 3. The van der Waals surface area contributed by atoms with Gasteiger partial charge in [0.05, 0.1) is 19.9 Å². The quantitative estimate of drug-likeness (QED) is 0.175. The van der Waals surface area contributed by atoms with E-state index >= 15 is 0 Å². The van der Waals surface area contributed by atoms with Crippen molar-refractivity contribution in [3.05, 3.63) is 86.2 Å². The van der Waals surface area contributed by atoms with Crippen molar-refractivity contribution in [3.63, 3.8) is 0 Å². The van der Waals surface area contributed by atoms with E-state index in [9.17, 15) is 14.7 Å². The highest BCUT2D eigenvalue weighted by Crippen LogP contribution is 2.33. The molecule has 0 fully saturated rings. The third kappa shape index (κ3) is 4.73. The SMILES string of the molecule is COc1ccc([C@H](Nc2ccc(C(=N)N)cc2)c2nn(-c3ccsc3C(=O)O)c(=O)[nH]2)cc1OC. The van der Waals surface area contributed by atoms with Gasteiger partial charge in [0.2, 0.25) is 0 Å². The van der Waals surface area contributed by atoms with Crippen LogP contribution in [0.4, 0.5) is 5.69 Å². The molecule has 0 bridgehead atoms. The van der Waals surface area contributed by atoms with Gasteiger partial charge in [0, 0.05) is 11.3 Å².